The van der Waals surface area contributed by atoms with Crippen molar-refractivity contribution in [2.75, 3.05) is 25.1 Å². The molecule has 1 aliphatic heterocycles. The number of aryl methyl sites for hydroxylation is 1. The molecule has 2 rings (SSSR count). The molecule has 1 heterocycles. The average molecular weight is 290 g/mol. The molecule has 21 heavy (non-hydrogen) atoms. The first-order valence-electron chi connectivity index (χ1n) is 7.81. The van der Waals surface area contributed by atoms with Crippen molar-refractivity contribution < 1.29 is 9.53 Å². The summed E-state index contributed by atoms with van der Waals surface area (Å²) in [6.45, 7) is 5.22. The van der Waals surface area contributed by atoms with E-state index < -0.39 is 5.41 Å². The number of anilines is 1. The fourth-order valence-electron chi connectivity index (χ4n) is 3.20. The van der Waals surface area contributed by atoms with Gasteiger partial charge in [-0.2, -0.15) is 0 Å². The highest BCUT2D eigenvalue weighted by atomic mass is 16.5. The zero-order valence-corrected chi connectivity index (χ0v) is 13.3. The number of amides is 1. The van der Waals surface area contributed by atoms with Crippen LogP contribution in [0.25, 0.3) is 0 Å². The summed E-state index contributed by atoms with van der Waals surface area (Å²) >= 11 is 0. The van der Waals surface area contributed by atoms with Crippen molar-refractivity contribution in [2.45, 2.75) is 39.5 Å². The van der Waals surface area contributed by atoms with Crippen LogP contribution in [0.15, 0.2) is 18.2 Å². The lowest BCUT2D eigenvalue weighted by atomic mass is 9.80. The lowest BCUT2D eigenvalue weighted by Crippen LogP contribution is -2.49. The summed E-state index contributed by atoms with van der Waals surface area (Å²) in [7, 11) is 1.66. The van der Waals surface area contributed by atoms with E-state index in [4.69, 9.17) is 10.5 Å². The van der Waals surface area contributed by atoms with Gasteiger partial charge in [0.05, 0.1) is 18.2 Å². The van der Waals surface area contributed by atoms with E-state index in [1.165, 1.54) is 5.56 Å². The number of hydrogen-bond acceptors (Lipinski definition) is 3. The normalized spacial score (nSPS) is 14.8. The molecule has 116 valence electrons. The number of ether oxygens (including phenoxy) is 1. The molecular formula is C17H26N2O2. The van der Waals surface area contributed by atoms with Gasteiger partial charge < -0.3 is 15.4 Å². The highest BCUT2D eigenvalue weighted by Crippen LogP contribution is 2.39. The van der Waals surface area contributed by atoms with Gasteiger partial charge in [-0.05, 0) is 37.3 Å². The fraction of sp³-hybridized carbons (Fsp3) is 0.588. The molecule has 1 amide bonds. The Morgan fingerprint density at radius 2 is 2.10 bits per heavy atom. The van der Waals surface area contributed by atoms with Gasteiger partial charge in [-0.1, -0.05) is 26.0 Å². The predicted octanol–water partition coefficient (Wildman–Crippen LogP) is 2.74. The molecule has 0 aliphatic carbocycles. The Balaban J connectivity index is 2.46. The zero-order valence-electron chi connectivity index (χ0n) is 13.3. The van der Waals surface area contributed by atoms with Crippen LogP contribution in [0.3, 0.4) is 0 Å². The molecule has 0 spiro atoms. The van der Waals surface area contributed by atoms with E-state index in [1.54, 1.807) is 7.11 Å². The van der Waals surface area contributed by atoms with Gasteiger partial charge in [0.1, 0.15) is 5.75 Å². The molecule has 0 saturated heterocycles. The van der Waals surface area contributed by atoms with E-state index in [0.717, 1.165) is 43.7 Å². The summed E-state index contributed by atoms with van der Waals surface area (Å²) in [6.07, 6.45) is 3.50. The first-order valence-corrected chi connectivity index (χ1v) is 7.81. The van der Waals surface area contributed by atoms with Gasteiger partial charge >= 0.3 is 0 Å². The van der Waals surface area contributed by atoms with Crippen LogP contribution in [0, 0.1) is 5.41 Å². The lowest BCUT2D eigenvalue weighted by Gasteiger charge is -2.38. The van der Waals surface area contributed by atoms with E-state index in [2.05, 4.69) is 6.07 Å². The molecule has 4 nitrogen and oxygen atoms in total. The number of hydrogen-bond donors (Lipinski definition) is 1. The highest BCUT2D eigenvalue weighted by Gasteiger charge is 2.39. The van der Waals surface area contributed by atoms with Crippen molar-refractivity contribution in [2.24, 2.45) is 11.1 Å². The van der Waals surface area contributed by atoms with Crippen LogP contribution in [0.5, 0.6) is 5.75 Å². The summed E-state index contributed by atoms with van der Waals surface area (Å²) in [6, 6.07) is 5.99. The van der Waals surface area contributed by atoms with Crippen molar-refractivity contribution in [1.29, 1.82) is 0 Å². The van der Waals surface area contributed by atoms with Crippen LogP contribution in [-0.4, -0.2) is 26.1 Å². The number of benzene rings is 1. The third kappa shape index (κ3) is 2.64. The van der Waals surface area contributed by atoms with Crippen LogP contribution in [-0.2, 0) is 11.2 Å². The van der Waals surface area contributed by atoms with Gasteiger partial charge in [0.25, 0.3) is 0 Å². The van der Waals surface area contributed by atoms with Gasteiger partial charge in [-0.25, -0.2) is 0 Å². The Kier molecular flexibility index (Phi) is 4.88. The largest absolute Gasteiger partial charge is 0.495 e. The molecule has 4 heteroatoms. The maximum absolute atomic E-state index is 13.1. The molecule has 1 aliphatic rings. The topological polar surface area (TPSA) is 55.6 Å². The van der Waals surface area contributed by atoms with Gasteiger partial charge in [0.15, 0.2) is 0 Å². The number of fused-ring (bicyclic) bond motifs is 1. The van der Waals surface area contributed by atoms with Crippen molar-refractivity contribution in [1.82, 2.24) is 0 Å². The molecule has 0 atom stereocenters. The second-order valence-corrected chi connectivity index (χ2v) is 5.72. The summed E-state index contributed by atoms with van der Waals surface area (Å²) < 4.78 is 5.48. The Labute approximate surface area is 127 Å². The van der Waals surface area contributed by atoms with Crippen molar-refractivity contribution >= 4 is 11.6 Å². The second kappa shape index (κ2) is 6.48. The standard InChI is InChI=1S/C17H26N2O2/c1-4-17(5-2,12-18)16(20)19-11-7-9-13-8-6-10-14(21-3)15(13)19/h6,8,10H,4-5,7,9,11-12,18H2,1-3H3. The first-order chi connectivity index (χ1) is 10.1. The van der Waals surface area contributed by atoms with Crippen LogP contribution < -0.4 is 15.4 Å². The van der Waals surface area contributed by atoms with Crippen LogP contribution in [0.1, 0.15) is 38.7 Å². The molecular weight excluding hydrogens is 264 g/mol. The maximum Gasteiger partial charge on any atom is 0.234 e. The van der Waals surface area contributed by atoms with Crippen molar-refractivity contribution in [3.63, 3.8) is 0 Å². The minimum Gasteiger partial charge on any atom is -0.495 e. The number of para-hydroxylation sites is 1. The molecule has 0 bridgehead atoms. The number of nitrogens with two attached hydrogens (primary N) is 1. The summed E-state index contributed by atoms with van der Waals surface area (Å²) in [4.78, 5) is 15.0. The van der Waals surface area contributed by atoms with Gasteiger partial charge in [0, 0.05) is 13.1 Å². The van der Waals surface area contributed by atoms with E-state index in [-0.39, 0.29) is 5.91 Å². The maximum atomic E-state index is 13.1. The Hall–Kier alpha value is -1.55. The Morgan fingerprint density at radius 1 is 1.38 bits per heavy atom. The van der Waals surface area contributed by atoms with E-state index in [9.17, 15) is 4.79 Å². The van der Waals surface area contributed by atoms with Crippen LogP contribution >= 0.6 is 0 Å². The monoisotopic (exact) mass is 290 g/mol. The minimum absolute atomic E-state index is 0.139. The molecule has 1 aromatic rings. The van der Waals surface area contributed by atoms with E-state index in [0.29, 0.717) is 6.54 Å². The smallest absolute Gasteiger partial charge is 0.234 e. The third-order valence-electron chi connectivity index (χ3n) is 4.84. The molecule has 0 aromatic heterocycles. The van der Waals surface area contributed by atoms with Gasteiger partial charge in [0.2, 0.25) is 5.91 Å². The molecule has 2 N–H and O–H groups in total. The van der Waals surface area contributed by atoms with Crippen LogP contribution in [0.2, 0.25) is 0 Å². The molecule has 0 unspecified atom stereocenters. The zero-order chi connectivity index (χ0) is 15.5. The Morgan fingerprint density at radius 3 is 2.67 bits per heavy atom. The highest BCUT2D eigenvalue weighted by molar-refractivity contribution is 6.00. The second-order valence-electron chi connectivity index (χ2n) is 5.72. The lowest BCUT2D eigenvalue weighted by molar-refractivity contribution is -0.128. The van der Waals surface area contributed by atoms with Crippen LogP contribution in [0.4, 0.5) is 5.69 Å². The third-order valence-corrected chi connectivity index (χ3v) is 4.84. The number of carbonyl (C=O) groups excluding carboxylic acids is 1. The number of carbonyl (C=O) groups is 1. The molecule has 1 aromatic carbocycles. The Bertz CT molecular complexity index is 487. The SMILES string of the molecule is CCC(CC)(CN)C(=O)N1CCCc2cccc(OC)c21. The van der Waals surface area contributed by atoms with Crippen molar-refractivity contribution in [3.05, 3.63) is 23.8 Å². The van der Waals surface area contributed by atoms with Gasteiger partial charge in [-0.15, -0.1) is 0 Å². The predicted molar refractivity (Wildman–Crippen MR) is 85.7 cm³/mol. The number of nitrogens with zero attached hydrogens (tertiary/aromatic N) is 1. The number of methoxy groups -OCH3 is 1. The van der Waals surface area contributed by atoms with E-state index >= 15 is 0 Å². The summed E-state index contributed by atoms with van der Waals surface area (Å²) in [5.41, 5.74) is 7.61. The van der Waals surface area contributed by atoms with Gasteiger partial charge in [-0.3, -0.25) is 4.79 Å². The minimum atomic E-state index is -0.463. The quantitative estimate of drug-likeness (QED) is 0.907. The van der Waals surface area contributed by atoms with Crippen molar-refractivity contribution in [3.8, 4) is 5.75 Å². The fourth-order valence-corrected chi connectivity index (χ4v) is 3.20. The van der Waals surface area contributed by atoms with E-state index in [1.807, 2.05) is 30.9 Å². The first kappa shape index (κ1) is 15.8. The molecule has 0 radical (unpaired) electrons. The summed E-state index contributed by atoms with van der Waals surface area (Å²) in [5.74, 6) is 0.916. The molecule has 0 fully saturated rings. The average Bonchev–Trinajstić information content (AvgIpc) is 2.55. The summed E-state index contributed by atoms with van der Waals surface area (Å²) in [5, 5.41) is 0. The number of rotatable bonds is 5. The molecule has 0 saturated carbocycles.